The van der Waals surface area contributed by atoms with Crippen LogP contribution in [0.15, 0.2) is 30.5 Å². The van der Waals surface area contributed by atoms with Gasteiger partial charge in [0.05, 0.1) is 11.7 Å². The number of ether oxygens (including phenoxy) is 2. The van der Waals surface area contributed by atoms with Gasteiger partial charge in [-0.3, -0.25) is 4.79 Å². The molecule has 35 heavy (non-hydrogen) atoms. The number of nitrogens with zero attached hydrogens (tertiary/aromatic N) is 3. The molecular formula is C24H24F4N4O3. The largest absolute Gasteiger partial charge is 0.573 e. The first kappa shape index (κ1) is 23.5. The second kappa shape index (κ2) is 9.44. The normalized spacial score (nSPS) is 18.2. The minimum Gasteiger partial charge on any atom is -0.406 e. The molecule has 7 nitrogen and oxygen atoms in total. The molecule has 186 valence electrons. The molecule has 0 bridgehead atoms. The fraction of sp³-hybridized carbons (Fsp3) is 0.458. The van der Waals surface area contributed by atoms with Gasteiger partial charge in [-0.2, -0.15) is 0 Å². The number of fused-ring (bicyclic) bond motifs is 1. The van der Waals surface area contributed by atoms with Gasteiger partial charge in [0.2, 0.25) is 0 Å². The first-order valence-electron chi connectivity index (χ1n) is 11.6. The van der Waals surface area contributed by atoms with Crippen molar-refractivity contribution < 1.29 is 31.8 Å². The van der Waals surface area contributed by atoms with Crippen molar-refractivity contribution in [2.24, 2.45) is 0 Å². The first-order valence-corrected chi connectivity index (χ1v) is 11.6. The molecule has 3 aromatic rings. The van der Waals surface area contributed by atoms with Crippen LogP contribution in [0.5, 0.6) is 5.75 Å². The van der Waals surface area contributed by atoms with Gasteiger partial charge < -0.3 is 19.4 Å². The third-order valence-corrected chi connectivity index (χ3v) is 6.66. The van der Waals surface area contributed by atoms with Crippen molar-refractivity contribution in [2.45, 2.75) is 43.9 Å². The average molecular weight is 492 g/mol. The number of hydrogen-bond donors (Lipinski definition) is 1. The molecule has 2 aliphatic heterocycles. The number of likely N-dealkylation sites (tertiary alicyclic amines) is 1. The number of benzene rings is 1. The van der Waals surface area contributed by atoms with Gasteiger partial charge in [-0.1, -0.05) is 0 Å². The highest BCUT2D eigenvalue weighted by Crippen LogP contribution is 2.35. The van der Waals surface area contributed by atoms with Crippen LogP contribution in [0, 0.1) is 5.82 Å². The van der Waals surface area contributed by atoms with Crippen LogP contribution in [-0.4, -0.2) is 58.4 Å². The number of piperidine rings is 1. The molecule has 0 spiro atoms. The average Bonchev–Trinajstić information content (AvgIpc) is 3.28. The van der Waals surface area contributed by atoms with Gasteiger partial charge in [-0.25, -0.2) is 14.4 Å². The van der Waals surface area contributed by atoms with Crippen LogP contribution in [0.2, 0.25) is 0 Å². The summed E-state index contributed by atoms with van der Waals surface area (Å²) < 4.78 is 61.3. The lowest BCUT2D eigenvalue weighted by molar-refractivity contribution is -0.274. The summed E-state index contributed by atoms with van der Waals surface area (Å²) in [4.78, 5) is 26.6. The molecule has 2 aliphatic rings. The maximum atomic E-state index is 14.9. The van der Waals surface area contributed by atoms with E-state index in [-0.39, 0.29) is 29.1 Å². The summed E-state index contributed by atoms with van der Waals surface area (Å²) >= 11 is 0. The molecule has 0 unspecified atom stereocenters. The summed E-state index contributed by atoms with van der Waals surface area (Å²) in [6.45, 7) is 2.13. The highest BCUT2D eigenvalue weighted by Gasteiger charge is 2.32. The number of carbonyl (C=O) groups is 1. The minimum absolute atomic E-state index is 0.116. The molecule has 2 saturated heterocycles. The molecule has 0 saturated carbocycles. The molecular weight excluding hydrogens is 468 g/mol. The van der Waals surface area contributed by atoms with E-state index < -0.39 is 12.2 Å². The lowest BCUT2D eigenvalue weighted by Crippen LogP contribution is -2.38. The van der Waals surface area contributed by atoms with Crippen LogP contribution in [0.3, 0.4) is 0 Å². The summed E-state index contributed by atoms with van der Waals surface area (Å²) in [6, 6.07) is 4.85. The van der Waals surface area contributed by atoms with Gasteiger partial charge in [0, 0.05) is 43.3 Å². The van der Waals surface area contributed by atoms with E-state index in [0.717, 1.165) is 30.8 Å². The summed E-state index contributed by atoms with van der Waals surface area (Å²) in [7, 11) is 0. The lowest BCUT2D eigenvalue weighted by atomic mass is 9.88. The number of H-pyrrole nitrogens is 1. The quantitative estimate of drug-likeness (QED) is 0.524. The highest BCUT2D eigenvalue weighted by molar-refractivity contribution is 5.94. The number of aromatic amines is 1. The summed E-state index contributed by atoms with van der Waals surface area (Å²) in [5, 5.41) is 0. The molecule has 0 radical (unpaired) electrons. The predicted molar refractivity (Wildman–Crippen MR) is 118 cm³/mol. The Hall–Kier alpha value is -3.21. The Labute approximate surface area is 198 Å². The van der Waals surface area contributed by atoms with Gasteiger partial charge in [-0.15, -0.1) is 13.2 Å². The Morgan fingerprint density at radius 2 is 1.74 bits per heavy atom. The predicted octanol–water partition coefficient (Wildman–Crippen LogP) is 4.91. The number of amides is 1. The zero-order valence-corrected chi connectivity index (χ0v) is 18.8. The number of halogens is 4. The van der Waals surface area contributed by atoms with E-state index in [9.17, 15) is 22.4 Å². The fourth-order valence-corrected chi connectivity index (χ4v) is 4.89. The third-order valence-electron chi connectivity index (χ3n) is 6.66. The molecule has 1 N–H and O–H groups in total. The molecule has 2 fully saturated rings. The maximum Gasteiger partial charge on any atom is 0.573 e. The lowest BCUT2D eigenvalue weighted by Gasteiger charge is -2.32. The van der Waals surface area contributed by atoms with E-state index in [1.165, 1.54) is 18.3 Å². The number of rotatable bonds is 4. The zero-order valence-electron chi connectivity index (χ0n) is 18.8. The van der Waals surface area contributed by atoms with Crippen molar-refractivity contribution in [1.29, 1.82) is 0 Å². The smallest absolute Gasteiger partial charge is 0.406 e. The van der Waals surface area contributed by atoms with Crippen LogP contribution in [-0.2, 0) is 4.74 Å². The Morgan fingerprint density at radius 3 is 2.40 bits per heavy atom. The van der Waals surface area contributed by atoms with Crippen molar-refractivity contribution >= 4 is 17.1 Å². The van der Waals surface area contributed by atoms with Gasteiger partial charge in [0.25, 0.3) is 5.91 Å². The number of pyridine rings is 1. The number of imidazole rings is 1. The van der Waals surface area contributed by atoms with Crippen LogP contribution in [0.4, 0.5) is 17.6 Å². The number of hydrogen-bond acceptors (Lipinski definition) is 5. The molecule has 11 heteroatoms. The highest BCUT2D eigenvalue weighted by atomic mass is 19.4. The van der Waals surface area contributed by atoms with Crippen molar-refractivity contribution in [1.82, 2.24) is 19.9 Å². The van der Waals surface area contributed by atoms with Gasteiger partial charge in [-0.05, 0) is 55.9 Å². The topological polar surface area (TPSA) is 80.3 Å². The molecule has 1 aromatic carbocycles. The number of nitrogens with one attached hydrogen (secondary N) is 1. The van der Waals surface area contributed by atoms with Gasteiger partial charge >= 0.3 is 6.36 Å². The molecule has 1 amide bonds. The summed E-state index contributed by atoms with van der Waals surface area (Å²) in [5.74, 6) is -0.162. The van der Waals surface area contributed by atoms with Gasteiger partial charge in [0.15, 0.2) is 5.65 Å². The Morgan fingerprint density at radius 1 is 1.06 bits per heavy atom. The van der Waals surface area contributed by atoms with E-state index in [4.69, 9.17) is 4.74 Å². The molecule has 0 aliphatic carbocycles. The Kier molecular flexibility index (Phi) is 6.35. The molecule has 5 rings (SSSR count). The minimum atomic E-state index is -4.79. The second-order valence-electron chi connectivity index (χ2n) is 8.87. The monoisotopic (exact) mass is 492 g/mol. The third kappa shape index (κ3) is 5.09. The van der Waals surface area contributed by atoms with E-state index in [1.807, 2.05) is 0 Å². The molecule has 4 heterocycles. The maximum absolute atomic E-state index is 14.9. The second-order valence-corrected chi connectivity index (χ2v) is 8.87. The van der Waals surface area contributed by atoms with E-state index in [0.29, 0.717) is 55.9 Å². The standard InChI is InChI=1S/C24H24F4N4O3/c25-18-13-29-22-20(30-21(31-22)15-7-11-34-12-8-15)19(18)14-5-9-32(10-6-14)23(33)16-1-3-17(4-2-16)35-24(26,27)28/h1-4,13-15H,5-12H2,(H,29,30,31). The number of alkyl halides is 3. The van der Waals surface area contributed by atoms with Crippen LogP contribution in [0.25, 0.3) is 11.2 Å². The molecule has 2 aromatic heterocycles. The van der Waals surface area contributed by atoms with Crippen LogP contribution in [0.1, 0.15) is 59.3 Å². The summed E-state index contributed by atoms with van der Waals surface area (Å²) in [5.41, 5.74) is 1.91. The van der Waals surface area contributed by atoms with Crippen molar-refractivity contribution in [3.05, 3.63) is 53.2 Å². The zero-order chi connectivity index (χ0) is 24.6. The van der Waals surface area contributed by atoms with Gasteiger partial charge in [0.1, 0.15) is 17.4 Å². The Balaban J connectivity index is 1.28. The van der Waals surface area contributed by atoms with E-state index >= 15 is 0 Å². The fourth-order valence-electron chi connectivity index (χ4n) is 4.89. The SMILES string of the molecule is O=C(c1ccc(OC(F)(F)F)cc1)N1CCC(c2c(F)cnc3nc(C4CCOCC4)[nH]c23)CC1. The van der Waals surface area contributed by atoms with Crippen LogP contribution >= 0.6 is 0 Å². The Bertz CT molecular complexity index is 1200. The van der Waals surface area contributed by atoms with Crippen molar-refractivity contribution in [3.8, 4) is 5.75 Å². The molecule has 0 atom stereocenters. The van der Waals surface area contributed by atoms with Crippen molar-refractivity contribution in [2.75, 3.05) is 26.3 Å². The number of aromatic nitrogens is 3. The van der Waals surface area contributed by atoms with Crippen LogP contribution < -0.4 is 4.74 Å². The van der Waals surface area contributed by atoms with E-state index in [2.05, 4.69) is 19.7 Å². The first-order chi connectivity index (χ1) is 16.8. The number of carbonyl (C=O) groups excluding carboxylic acids is 1. The summed E-state index contributed by atoms with van der Waals surface area (Å²) in [6.07, 6.45) is -0.802. The van der Waals surface area contributed by atoms with Crippen molar-refractivity contribution in [3.63, 3.8) is 0 Å². The van der Waals surface area contributed by atoms with E-state index in [1.54, 1.807) is 4.90 Å².